The largest absolute Gasteiger partial charge is 0.313 e. The molecular weight excluding hydrogens is 248 g/mol. The van der Waals surface area contributed by atoms with Gasteiger partial charge in [-0.3, -0.25) is 0 Å². The number of aryl methyl sites for hydroxylation is 1. The molecule has 0 amide bonds. The minimum absolute atomic E-state index is 0.0372. The van der Waals surface area contributed by atoms with Crippen LogP contribution in [0.25, 0.3) is 5.69 Å². The van der Waals surface area contributed by atoms with Gasteiger partial charge >= 0.3 is 0 Å². The van der Waals surface area contributed by atoms with Crippen molar-refractivity contribution < 1.29 is 8.78 Å². The number of halogens is 2. The van der Waals surface area contributed by atoms with E-state index in [4.69, 9.17) is 0 Å². The van der Waals surface area contributed by atoms with Crippen molar-refractivity contribution in [1.29, 1.82) is 0 Å². The van der Waals surface area contributed by atoms with Crippen LogP contribution in [-0.2, 0) is 6.54 Å². The van der Waals surface area contributed by atoms with E-state index < -0.39 is 6.43 Å². The topological polar surface area (TPSA) is 29.9 Å². The van der Waals surface area contributed by atoms with Gasteiger partial charge in [-0.15, -0.1) is 0 Å². The zero-order valence-corrected chi connectivity index (χ0v) is 11.0. The van der Waals surface area contributed by atoms with Crippen LogP contribution in [0.5, 0.6) is 0 Å². The molecule has 1 N–H and O–H groups in total. The second-order valence-corrected chi connectivity index (χ2v) is 4.38. The van der Waals surface area contributed by atoms with Crippen molar-refractivity contribution in [3.63, 3.8) is 0 Å². The van der Waals surface area contributed by atoms with Gasteiger partial charge < -0.3 is 5.32 Å². The Morgan fingerprint density at radius 2 is 1.95 bits per heavy atom. The number of nitrogens with one attached hydrogen (secondary N) is 1. The van der Waals surface area contributed by atoms with E-state index in [0.717, 1.165) is 12.1 Å². The molecule has 0 aliphatic heterocycles. The molecule has 2 rings (SSSR count). The molecule has 3 nitrogen and oxygen atoms in total. The van der Waals surface area contributed by atoms with Crippen molar-refractivity contribution >= 4 is 0 Å². The average Bonchev–Trinajstić information content (AvgIpc) is 2.81. The van der Waals surface area contributed by atoms with E-state index in [1.807, 2.05) is 26.0 Å². The lowest BCUT2D eigenvalue weighted by Crippen LogP contribution is -2.13. The first-order chi connectivity index (χ1) is 9.13. The molecule has 102 valence electrons. The maximum absolute atomic E-state index is 13.2. The number of aromatic nitrogens is 2. The average molecular weight is 265 g/mol. The van der Waals surface area contributed by atoms with Crippen molar-refractivity contribution in [2.75, 3.05) is 6.54 Å². The molecule has 1 aromatic carbocycles. The quantitative estimate of drug-likeness (QED) is 0.899. The van der Waals surface area contributed by atoms with Crippen molar-refractivity contribution in [1.82, 2.24) is 15.1 Å². The fraction of sp³-hybridized carbons (Fsp3) is 0.357. The van der Waals surface area contributed by atoms with E-state index in [9.17, 15) is 8.78 Å². The van der Waals surface area contributed by atoms with Gasteiger partial charge in [0.05, 0.1) is 11.9 Å². The number of hydrogen-bond acceptors (Lipinski definition) is 2. The number of alkyl halides is 2. The van der Waals surface area contributed by atoms with Gasteiger partial charge in [0, 0.05) is 12.1 Å². The number of nitrogens with zero attached hydrogens (tertiary/aromatic N) is 2. The number of benzene rings is 1. The molecular formula is C14H17F2N3. The highest BCUT2D eigenvalue weighted by molar-refractivity contribution is 5.37. The van der Waals surface area contributed by atoms with E-state index >= 15 is 0 Å². The van der Waals surface area contributed by atoms with Gasteiger partial charge in [0.25, 0.3) is 6.43 Å². The minimum atomic E-state index is -2.54. The van der Waals surface area contributed by atoms with Gasteiger partial charge in [-0.25, -0.2) is 13.5 Å². The van der Waals surface area contributed by atoms with Crippen molar-refractivity contribution in [3.05, 3.63) is 47.3 Å². The van der Waals surface area contributed by atoms with E-state index in [1.165, 1.54) is 10.9 Å². The van der Waals surface area contributed by atoms with E-state index in [-0.39, 0.29) is 5.69 Å². The second kappa shape index (κ2) is 5.93. The highest BCUT2D eigenvalue weighted by Gasteiger charge is 2.20. The molecule has 0 spiro atoms. The summed E-state index contributed by atoms with van der Waals surface area (Å²) in [5.41, 5.74) is 2.24. The molecule has 0 aliphatic rings. The summed E-state index contributed by atoms with van der Waals surface area (Å²) in [4.78, 5) is 0. The fourth-order valence-electron chi connectivity index (χ4n) is 1.91. The Morgan fingerprint density at radius 1 is 1.26 bits per heavy atom. The maximum atomic E-state index is 13.2. The monoisotopic (exact) mass is 265 g/mol. The maximum Gasteiger partial charge on any atom is 0.280 e. The molecule has 1 aromatic heterocycles. The van der Waals surface area contributed by atoms with Crippen molar-refractivity contribution in [2.24, 2.45) is 0 Å². The molecule has 0 radical (unpaired) electrons. The van der Waals surface area contributed by atoms with Crippen LogP contribution in [-0.4, -0.2) is 16.3 Å². The van der Waals surface area contributed by atoms with Gasteiger partial charge in [-0.1, -0.05) is 24.6 Å². The second-order valence-electron chi connectivity index (χ2n) is 4.38. The molecule has 0 bridgehead atoms. The lowest BCUT2D eigenvalue weighted by molar-refractivity contribution is 0.141. The standard InChI is InChI=1S/C14H17F2N3/c1-3-17-8-11-9-18-19(13(11)14(15)16)12-6-4-10(2)5-7-12/h4-7,9,14,17H,3,8H2,1-2H3. The lowest BCUT2D eigenvalue weighted by Gasteiger charge is -2.09. The highest BCUT2D eigenvalue weighted by Crippen LogP contribution is 2.25. The molecule has 2 aromatic rings. The number of rotatable bonds is 5. The summed E-state index contributed by atoms with van der Waals surface area (Å²) in [7, 11) is 0. The summed E-state index contributed by atoms with van der Waals surface area (Å²) in [6.45, 7) is 5.03. The Labute approximate surface area is 111 Å². The molecule has 0 atom stereocenters. The zero-order valence-electron chi connectivity index (χ0n) is 11.0. The van der Waals surface area contributed by atoms with Crippen molar-refractivity contribution in [3.8, 4) is 5.69 Å². The fourth-order valence-corrected chi connectivity index (χ4v) is 1.91. The molecule has 0 saturated heterocycles. The van der Waals surface area contributed by atoms with E-state index in [2.05, 4.69) is 10.4 Å². The summed E-state index contributed by atoms with van der Waals surface area (Å²) < 4.78 is 27.8. The van der Waals surface area contributed by atoms with Gasteiger partial charge in [0.1, 0.15) is 5.69 Å². The predicted molar refractivity (Wildman–Crippen MR) is 70.6 cm³/mol. The third-order valence-electron chi connectivity index (χ3n) is 2.94. The van der Waals surface area contributed by atoms with E-state index in [0.29, 0.717) is 17.8 Å². The minimum Gasteiger partial charge on any atom is -0.313 e. The Kier molecular flexibility index (Phi) is 4.27. The van der Waals surface area contributed by atoms with Gasteiger partial charge in [-0.2, -0.15) is 5.10 Å². The van der Waals surface area contributed by atoms with Crippen LogP contribution >= 0.6 is 0 Å². The van der Waals surface area contributed by atoms with Gasteiger partial charge in [0.2, 0.25) is 0 Å². The molecule has 0 fully saturated rings. The SMILES string of the molecule is CCNCc1cnn(-c2ccc(C)cc2)c1C(F)F. The summed E-state index contributed by atoms with van der Waals surface area (Å²) in [5.74, 6) is 0. The van der Waals surface area contributed by atoms with Gasteiger partial charge in [-0.05, 0) is 25.6 Å². The van der Waals surface area contributed by atoms with Gasteiger partial charge in [0.15, 0.2) is 0 Å². The molecule has 0 unspecified atom stereocenters. The first-order valence-electron chi connectivity index (χ1n) is 6.26. The third-order valence-corrected chi connectivity index (χ3v) is 2.94. The Morgan fingerprint density at radius 3 is 2.53 bits per heavy atom. The van der Waals surface area contributed by atoms with Crippen LogP contribution < -0.4 is 5.32 Å². The molecule has 1 heterocycles. The summed E-state index contributed by atoms with van der Waals surface area (Å²) in [6, 6.07) is 7.36. The summed E-state index contributed by atoms with van der Waals surface area (Å²) in [6.07, 6.45) is -1.04. The van der Waals surface area contributed by atoms with Crippen LogP contribution in [0.15, 0.2) is 30.5 Å². The van der Waals surface area contributed by atoms with Crippen LogP contribution in [0.1, 0.15) is 30.2 Å². The first-order valence-corrected chi connectivity index (χ1v) is 6.26. The van der Waals surface area contributed by atoms with Crippen LogP contribution in [0.2, 0.25) is 0 Å². The number of hydrogen-bond donors (Lipinski definition) is 1. The first kappa shape index (κ1) is 13.7. The highest BCUT2D eigenvalue weighted by atomic mass is 19.3. The lowest BCUT2D eigenvalue weighted by atomic mass is 10.2. The zero-order chi connectivity index (χ0) is 13.8. The Bertz CT molecular complexity index is 532. The summed E-state index contributed by atoms with van der Waals surface area (Å²) in [5, 5.41) is 7.13. The van der Waals surface area contributed by atoms with Crippen LogP contribution in [0.4, 0.5) is 8.78 Å². The van der Waals surface area contributed by atoms with Crippen LogP contribution in [0, 0.1) is 6.92 Å². The molecule has 0 saturated carbocycles. The Hall–Kier alpha value is -1.75. The molecule has 0 aliphatic carbocycles. The normalized spacial score (nSPS) is 11.2. The van der Waals surface area contributed by atoms with Crippen LogP contribution in [0.3, 0.4) is 0 Å². The smallest absolute Gasteiger partial charge is 0.280 e. The van der Waals surface area contributed by atoms with Crippen molar-refractivity contribution in [2.45, 2.75) is 26.8 Å². The van der Waals surface area contributed by atoms with E-state index in [1.54, 1.807) is 12.1 Å². The Balaban J connectivity index is 2.39. The molecule has 19 heavy (non-hydrogen) atoms. The molecule has 5 heteroatoms. The summed E-state index contributed by atoms with van der Waals surface area (Å²) >= 11 is 0. The predicted octanol–water partition coefficient (Wildman–Crippen LogP) is 3.23. The third kappa shape index (κ3) is 2.98.